The molecule has 4 atom stereocenters. The van der Waals surface area contributed by atoms with Crippen molar-refractivity contribution in [3.63, 3.8) is 0 Å². The molecule has 0 spiro atoms. The molecule has 6 heteroatoms. The zero-order valence-electron chi connectivity index (χ0n) is 10.9. The average Bonchev–Trinajstić information content (AvgIpc) is 2.72. The number of fused-ring (bicyclic) bond motifs is 2. The summed E-state index contributed by atoms with van der Waals surface area (Å²) in [6, 6.07) is 0. The first-order chi connectivity index (χ1) is 8.46. The number of hydrogen-bond acceptors (Lipinski definition) is 0. The van der Waals surface area contributed by atoms with Crippen LogP contribution in [0.15, 0.2) is 0 Å². The molecule has 0 aromatic heterocycles. The van der Waals surface area contributed by atoms with Crippen molar-refractivity contribution in [3.05, 3.63) is 0 Å². The second-order valence-electron chi connectivity index (χ2n) is 6.50. The monoisotopic (exact) mass is 288 g/mol. The van der Waals surface area contributed by atoms with Crippen molar-refractivity contribution in [3.8, 4) is 0 Å². The standard InChI is InChI=1S/C13H18F6/c1-7-3-9-4-8(7)5-10(9)6-11(2,12(14,15)16)13(17,18)19/h7-10H,3-6H2,1-2H3/t7-,8?,9?,10?/m1/s1. The molecule has 2 rings (SSSR count). The van der Waals surface area contributed by atoms with E-state index >= 15 is 0 Å². The Bertz CT molecular complexity index is 326. The van der Waals surface area contributed by atoms with Gasteiger partial charge in [-0.2, -0.15) is 26.3 Å². The van der Waals surface area contributed by atoms with Crippen molar-refractivity contribution in [2.75, 3.05) is 0 Å². The van der Waals surface area contributed by atoms with Crippen molar-refractivity contribution in [1.82, 2.24) is 0 Å². The lowest BCUT2D eigenvalue weighted by Crippen LogP contribution is -2.49. The van der Waals surface area contributed by atoms with E-state index in [2.05, 4.69) is 0 Å². The Balaban J connectivity index is 2.16. The quantitative estimate of drug-likeness (QED) is 0.613. The van der Waals surface area contributed by atoms with Crippen LogP contribution in [0.2, 0.25) is 0 Å². The summed E-state index contributed by atoms with van der Waals surface area (Å²) in [4.78, 5) is 0. The van der Waals surface area contributed by atoms with Gasteiger partial charge >= 0.3 is 12.4 Å². The molecular formula is C13H18F6. The maximum absolute atomic E-state index is 12.9. The first-order valence-corrected chi connectivity index (χ1v) is 6.59. The molecule has 0 amide bonds. The van der Waals surface area contributed by atoms with Gasteiger partial charge in [0.05, 0.1) is 0 Å². The fraction of sp³-hybridized carbons (Fsp3) is 1.00. The van der Waals surface area contributed by atoms with Gasteiger partial charge in [-0.25, -0.2) is 0 Å². The molecule has 0 aliphatic heterocycles. The largest absolute Gasteiger partial charge is 0.402 e. The summed E-state index contributed by atoms with van der Waals surface area (Å²) in [6.45, 7) is 2.34. The van der Waals surface area contributed by atoms with E-state index in [1.807, 2.05) is 6.92 Å². The highest BCUT2D eigenvalue weighted by atomic mass is 19.4. The molecule has 0 aromatic rings. The number of halogens is 6. The van der Waals surface area contributed by atoms with E-state index in [0.29, 0.717) is 25.2 Å². The summed E-state index contributed by atoms with van der Waals surface area (Å²) in [7, 11) is 0. The zero-order valence-corrected chi connectivity index (χ0v) is 10.9. The molecule has 0 radical (unpaired) electrons. The molecule has 0 nitrogen and oxygen atoms in total. The van der Waals surface area contributed by atoms with Gasteiger partial charge in [-0.05, 0) is 56.3 Å². The summed E-state index contributed by atoms with van der Waals surface area (Å²) >= 11 is 0. The number of hydrogen-bond donors (Lipinski definition) is 0. The maximum atomic E-state index is 12.9. The third-order valence-electron chi connectivity index (χ3n) is 5.28. The van der Waals surface area contributed by atoms with E-state index in [0.717, 1.165) is 12.8 Å². The first kappa shape index (κ1) is 15.0. The van der Waals surface area contributed by atoms with Crippen LogP contribution in [0, 0.1) is 29.1 Å². The molecule has 2 aliphatic rings. The SMILES string of the molecule is C[C@@H]1CC2CC1CC2CC(C)(C(F)(F)F)C(F)(F)F. The molecular weight excluding hydrogens is 270 g/mol. The van der Waals surface area contributed by atoms with Crippen molar-refractivity contribution >= 4 is 0 Å². The van der Waals surface area contributed by atoms with Gasteiger partial charge in [-0.3, -0.25) is 0 Å². The zero-order chi connectivity index (χ0) is 14.6. The van der Waals surface area contributed by atoms with E-state index < -0.39 is 30.1 Å². The van der Waals surface area contributed by atoms with E-state index in [9.17, 15) is 26.3 Å². The molecule has 0 heterocycles. The highest BCUT2D eigenvalue weighted by Crippen LogP contribution is 2.60. The van der Waals surface area contributed by atoms with Crippen molar-refractivity contribution in [2.45, 2.75) is 51.9 Å². The molecule has 0 N–H and O–H groups in total. The van der Waals surface area contributed by atoms with Crippen molar-refractivity contribution in [1.29, 1.82) is 0 Å². The lowest BCUT2D eigenvalue weighted by atomic mass is 9.72. The lowest BCUT2D eigenvalue weighted by Gasteiger charge is -2.38. The maximum Gasteiger partial charge on any atom is 0.402 e. The topological polar surface area (TPSA) is 0 Å². The molecule has 2 aliphatic carbocycles. The number of alkyl halides is 6. The Morgan fingerprint density at radius 2 is 1.37 bits per heavy atom. The van der Waals surface area contributed by atoms with Crippen LogP contribution in [0.25, 0.3) is 0 Å². The van der Waals surface area contributed by atoms with Gasteiger partial charge in [0, 0.05) is 0 Å². The molecule has 112 valence electrons. The van der Waals surface area contributed by atoms with Crippen LogP contribution < -0.4 is 0 Å². The Morgan fingerprint density at radius 1 is 0.842 bits per heavy atom. The Labute approximate surface area is 108 Å². The van der Waals surface area contributed by atoms with Crippen LogP contribution in [0.4, 0.5) is 26.3 Å². The molecule has 2 bridgehead atoms. The predicted molar refractivity (Wildman–Crippen MR) is 58.3 cm³/mol. The van der Waals surface area contributed by atoms with Gasteiger partial charge < -0.3 is 0 Å². The molecule has 0 saturated heterocycles. The molecule has 3 unspecified atom stereocenters. The minimum Gasteiger partial charge on any atom is -0.170 e. The van der Waals surface area contributed by atoms with E-state index in [1.165, 1.54) is 0 Å². The van der Waals surface area contributed by atoms with E-state index in [1.54, 1.807) is 0 Å². The summed E-state index contributed by atoms with van der Waals surface area (Å²) in [5.41, 5.74) is -3.57. The van der Waals surface area contributed by atoms with Gasteiger partial charge in [0.15, 0.2) is 5.41 Å². The number of rotatable bonds is 2. The Kier molecular flexibility index (Phi) is 3.38. The second-order valence-corrected chi connectivity index (χ2v) is 6.50. The second kappa shape index (κ2) is 4.29. The molecule has 2 saturated carbocycles. The minimum atomic E-state index is -5.24. The van der Waals surface area contributed by atoms with Crippen LogP contribution in [0.1, 0.15) is 39.5 Å². The summed E-state index contributed by atoms with van der Waals surface area (Å²) in [5.74, 6) is 0.378. The van der Waals surface area contributed by atoms with Crippen LogP contribution in [0.5, 0.6) is 0 Å². The summed E-state index contributed by atoms with van der Waals surface area (Å²) in [5, 5.41) is 0. The normalized spacial score (nSPS) is 36.0. The first-order valence-electron chi connectivity index (χ1n) is 6.59. The summed E-state index contributed by atoms with van der Waals surface area (Å²) in [6.07, 6.45) is -9.18. The van der Waals surface area contributed by atoms with Gasteiger partial charge in [0.25, 0.3) is 0 Å². The fourth-order valence-corrected chi connectivity index (χ4v) is 3.85. The van der Waals surface area contributed by atoms with Crippen LogP contribution >= 0.6 is 0 Å². The fourth-order valence-electron chi connectivity index (χ4n) is 3.85. The third-order valence-corrected chi connectivity index (χ3v) is 5.28. The highest BCUT2D eigenvalue weighted by molar-refractivity contribution is 4.99. The predicted octanol–water partition coefficient (Wildman–Crippen LogP) is 5.19. The van der Waals surface area contributed by atoms with Crippen LogP contribution in [0.3, 0.4) is 0 Å². The molecule has 2 fully saturated rings. The lowest BCUT2D eigenvalue weighted by molar-refractivity contribution is -0.340. The van der Waals surface area contributed by atoms with Gasteiger partial charge in [-0.15, -0.1) is 0 Å². The van der Waals surface area contributed by atoms with Gasteiger partial charge in [0.2, 0.25) is 0 Å². The Hall–Kier alpha value is -0.420. The highest BCUT2D eigenvalue weighted by Gasteiger charge is 2.68. The minimum absolute atomic E-state index is 0.0454. The van der Waals surface area contributed by atoms with Gasteiger partial charge in [0.1, 0.15) is 0 Å². The summed E-state index contributed by atoms with van der Waals surface area (Å²) < 4.78 is 77.1. The van der Waals surface area contributed by atoms with E-state index in [-0.39, 0.29) is 5.92 Å². The smallest absolute Gasteiger partial charge is 0.170 e. The van der Waals surface area contributed by atoms with Gasteiger partial charge in [-0.1, -0.05) is 6.92 Å². The van der Waals surface area contributed by atoms with Crippen LogP contribution in [-0.2, 0) is 0 Å². The molecule has 19 heavy (non-hydrogen) atoms. The van der Waals surface area contributed by atoms with Crippen molar-refractivity contribution in [2.24, 2.45) is 29.1 Å². The Morgan fingerprint density at radius 3 is 1.68 bits per heavy atom. The molecule has 0 aromatic carbocycles. The average molecular weight is 288 g/mol. The van der Waals surface area contributed by atoms with E-state index in [4.69, 9.17) is 0 Å². The van der Waals surface area contributed by atoms with Crippen molar-refractivity contribution < 1.29 is 26.3 Å². The van der Waals surface area contributed by atoms with Crippen LogP contribution in [-0.4, -0.2) is 12.4 Å². The third kappa shape index (κ3) is 2.35.